The van der Waals surface area contributed by atoms with Gasteiger partial charge in [0.1, 0.15) is 5.73 Å². The van der Waals surface area contributed by atoms with Crippen LogP contribution in [0.25, 0.3) is 0 Å². The molecular weight excluding hydrogens is 254 g/mol. The molecule has 0 aromatic heterocycles. The lowest BCUT2D eigenvalue weighted by molar-refractivity contribution is 0.00578. The van der Waals surface area contributed by atoms with Crippen molar-refractivity contribution in [2.45, 2.75) is 65.6 Å². The number of allylic oxidation sites excluding steroid dienone is 2. The molecule has 0 saturated carbocycles. The molecule has 1 atom stereocenters. The number of hydrogen-bond acceptors (Lipinski definition) is 2. The molecule has 1 unspecified atom stereocenters. The fraction of sp³-hybridized carbons (Fsp3) is 0.750. The van der Waals surface area contributed by atoms with Gasteiger partial charge < -0.3 is 9.31 Å². The highest BCUT2D eigenvalue weighted by Gasteiger charge is 2.53. The molecule has 0 spiro atoms. The van der Waals surface area contributed by atoms with Gasteiger partial charge in [0.15, 0.2) is 0 Å². The van der Waals surface area contributed by atoms with Crippen LogP contribution in [0.15, 0.2) is 24.5 Å². The summed E-state index contributed by atoms with van der Waals surface area (Å²) >= 11 is 0. The molecule has 0 bridgehead atoms. The summed E-state index contributed by atoms with van der Waals surface area (Å²) in [7, 11) is -0.884. The van der Waals surface area contributed by atoms with Crippen molar-refractivity contribution < 1.29 is 13.7 Å². The van der Waals surface area contributed by atoms with Crippen molar-refractivity contribution >= 4 is 7.12 Å². The molecule has 1 heterocycles. The van der Waals surface area contributed by atoms with E-state index in [0.717, 1.165) is 12.8 Å². The van der Waals surface area contributed by atoms with Crippen molar-refractivity contribution in [3.05, 3.63) is 24.5 Å². The first-order valence-corrected chi connectivity index (χ1v) is 7.44. The maximum absolute atomic E-state index is 14.4. The van der Waals surface area contributed by atoms with Gasteiger partial charge in [0.2, 0.25) is 0 Å². The van der Waals surface area contributed by atoms with E-state index in [-0.39, 0.29) is 11.6 Å². The van der Waals surface area contributed by atoms with Crippen LogP contribution in [0.3, 0.4) is 0 Å². The van der Waals surface area contributed by atoms with Gasteiger partial charge in [-0.3, -0.25) is 0 Å². The van der Waals surface area contributed by atoms with Crippen LogP contribution in [-0.2, 0) is 9.31 Å². The van der Waals surface area contributed by atoms with Crippen LogP contribution in [0, 0.1) is 11.8 Å². The van der Waals surface area contributed by atoms with Crippen LogP contribution in [0.2, 0.25) is 0 Å². The summed E-state index contributed by atoms with van der Waals surface area (Å²) in [5, 5.41) is 0. The van der Waals surface area contributed by atoms with Gasteiger partial charge in [-0.25, -0.2) is 4.39 Å². The first kappa shape index (κ1) is 17.4. The SMILES string of the molecule is C=CCCC(C=C(F)B1OC(C)(C)C(C)(C)O1)C(C)C. The summed E-state index contributed by atoms with van der Waals surface area (Å²) in [6, 6.07) is 0. The smallest absolute Gasteiger partial charge is 0.398 e. The number of halogens is 1. The normalized spacial score (nSPS) is 23.2. The standard InChI is InChI=1S/C16H28BFO2/c1-8-9-10-13(12(2)3)11-14(18)17-19-15(4,5)16(6,7)20-17/h8,11-13H,1,9-10H2,2-7H3. The third-order valence-corrected chi connectivity index (χ3v) is 4.41. The lowest BCUT2D eigenvalue weighted by Crippen LogP contribution is -2.41. The molecule has 1 rings (SSSR count). The highest BCUT2D eigenvalue weighted by molar-refractivity contribution is 6.53. The topological polar surface area (TPSA) is 18.5 Å². The van der Waals surface area contributed by atoms with E-state index in [9.17, 15) is 4.39 Å². The van der Waals surface area contributed by atoms with Crippen molar-refractivity contribution in [2.24, 2.45) is 11.8 Å². The van der Waals surface area contributed by atoms with E-state index in [2.05, 4.69) is 20.4 Å². The van der Waals surface area contributed by atoms with E-state index in [1.807, 2.05) is 33.8 Å². The van der Waals surface area contributed by atoms with E-state index in [1.165, 1.54) is 0 Å². The minimum absolute atomic E-state index is 0.173. The van der Waals surface area contributed by atoms with E-state index < -0.39 is 18.3 Å². The van der Waals surface area contributed by atoms with Crippen molar-refractivity contribution in [3.8, 4) is 0 Å². The summed E-state index contributed by atoms with van der Waals surface area (Å²) in [6.07, 6.45) is 5.32. The predicted molar refractivity (Wildman–Crippen MR) is 83.0 cm³/mol. The Bertz CT molecular complexity index is 359. The fourth-order valence-corrected chi connectivity index (χ4v) is 2.16. The Kier molecular flexibility index (Phi) is 5.62. The number of rotatable bonds is 6. The van der Waals surface area contributed by atoms with Crippen LogP contribution in [-0.4, -0.2) is 18.3 Å². The summed E-state index contributed by atoms with van der Waals surface area (Å²) in [5.41, 5.74) is -1.32. The Labute approximate surface area is 123 Å². The Morgan fingerprint density at radius 3 is 2.10 bits per heavy atom. The minimum Gasteiger partial charge on any atom is -0.398 e. The lowest BCUT2D eigenvalue weighted by atomic mass is 9.82. The molecular formula is C16H28BFO2. The Morgan fingerprint density at radius 1 is 1.20 bits per heavy atom. The average molecular weight is 282 g/mol. The van der Waals surface area contributed by atoms with Gasteiger partial charge in [-0.2, -0.15) is 0 Å². The minimum atomic E-state index is -0.884. The monoisotopic (exact) mass is 282 g/mol. The maximum Gasteiger partial charge on any atom is 0.524 e. The third-order valence-electron chi connectivity index (χ3n) is 4.41. The molecule has 0 radical (unpaired) electrons. The predicted octanol–water partition coefficient (Wildman–Crippen LogP) is 4.71. The zero-order valence-electron chi connectivity index (χ0n) is 13.7. The molecule has 20 heavy (non-hydrogen) atoms. The van der Waals surface area contributed by atoms with Crippen LogP contribution < -0.4 is 0 Å². The lowest BCUT2D eigenvalue weighted by Gasteiger charge is -2.32. The number of hydrogen-bond donors (Lipinski definition) is 0. The van der Waals surface area contributed by atoms with Crippen LogP contribution in [0.5, 0.6) is 0 Å². The molecule has 0 aromatic rings. The van der Waals surface area contributed by atoms with Gasteiger partial charge in [0.25, 0.3) is 0 Å². The third kappa shape index (κ3) is 3.95. The molecule has 2 nitrogen and oxygen atoms in total. The first-order valence-electron chi connectivity index (χ1n) is 7.44. The molecule has 1 aliphatic heterocycles. The molecule has 114 valence electrons. The Balaban J connectivity index is 2.80. The second-order valence-electron chi connectivity index (χ2n) is 6.91. The van der Waals surface area contributed by atoms with E-state index in [4.69, 9.17) is 9.31 Å². The van der Waals surface area contributed by atoms with Crippen LogP contribution in [0.1, 0.15) is 54.4 Å². The van der Waals surface area contributed by atoms with Crippen molar-refractivity contribution in [1.82, 2.24) is 0 Å². The van der Waals surface area contributed by atoms with Gasteiger partial charge in [-0.05, 0) is 52.4 Å². The van der Waals surface area contributed by atoms with Gasteiger partial charge in [-0.15, -0.1) is 6.58 Å². The molecule has 1 aliphatic rings. The second-order valence-corrected chi connectivity index (χ2v) is 6.91. The fourth-order valence-electron chi connectivity index (χ4n) is 2.16. The molecule has 0 amide bonds. The van der Waals surface area contributed by atoms with Crippen molar-refractivity contribution in [2.75, 3.05) is 0 Å². The van der Waals surface area contributed by atoms with E-state index in [0.29, 0.717) is 5.92 Å². The first-order chi connectivity index (χ1) is 9.10. The molecule has 0 N–H and O–H groups in total. The van der Waals surface area contributed by atoms with Gasteiger partial charge in [-0.1, -0.05) is 26.0 Å². The highest BCUT2D eigenvalue weighted by atomic mass is 19.1. The van der Waals surface area contributed by atoms with Crippen molar-refractivity contribution in [1.29, 1.82) is 0 Å². The second kappa shape index (κ2) is 6.44. The summed E-state index contributed by atoms with van der Waals surface area (Å²) in [6.45, 7) is 15.6. The quantitative estimate of drug-likeness (QED) is 0.519. The summed E-state index contributed by atoms with van der Waals surface area (Å²) in [5.74, 6) is 0.551. The molecule has 1 saturated heterocycles. The largest absolute Gasteiger partial charge is 0.524 e. The Morgan fingerprint density at radius 2 is 1.70 bits per heavy atom. The van der Waals surface area contributed by atoms with E-state index in [1.54, 1.807) is 6.08 Å². The van der Waals surface area contributed by atoms with Gasteiger partial charge in [0, 0.05) is 0 Å². The van der Waals surface area contributed by atoms with Crippen LogP contribution >= 0.6 is 0 Å². The van der Waals surface area contributed by atoms with E-state index >= 15 is 0 Å². The molecule has 0 aromatic carbocycles. The van der Waals surface area contributed by atoms with Gasteiger partial charge >= 0.3 is 7.12 Å². The average Bonchev–Trinajstić information content (AvgIpc) is 2.53. The Hall–Kier alpha value is -0.605. The van der Waals surface area contributed by atoms with Crippen molar-refractivity contribution in [3.63, 3.8) is 0 Å². The summed E-state index contributed by atoms with van der Waals surface area (Å²) < 4.78 is 25.9. The zero-order valence-corrected chi connectivity index (χ0v) is 13.7. The summed E-state index contributed by atoms with van der Waals surface area (Å²) in [4.78, 5) is 0. The maximum atomic E-state index is 14.4. The molecule has 1 fully saturated rings. The van der Waals surface area contributed by atoms with Crippen LogP contribution in [0.4, 0.5) is 4.39 Å². The van der Waals surface area contributed by atoms with Gasteiger partial charge in [0.05, 0.1) is 11.2 Å². The zero-order chi connectivity index (χ0) is 15.6. The highest BCUT2D eigenvalue weighted by Crippen LogP contribution is 2.39. The molecule has 0 aliphatic carbocycles. The molecule has 4 heteroatoms.